The summed E-state index contributed by atoms with van der Waals surface area (Å²) >= 11 is 0. The first-order valence-electron chi connectivity index (χ1n) is 7.02. The van der Waals surface area contributed by atoms with E-state index in [4.69, 9.17) is 5.73 Å². The molecule has 0 aliphatic carbocycles. The second kappa shape index (κ2) is 5.33. The molecule has 0 radical (unpaired) electrons. The fraction of sp³-hybridized carbons (Fsp3) is 0.714. The maximum absolute atomic E-state index is 5.90. The third-order valence-electron chi connectivity index (χ3n) is 3.89. The summed E-state index contributed by atoms with van der Waals surface area (Å²) in [6.45, 7) is 9.64. The van der Waals surface area contributed by atoms with Crippen LogP contribution < -0.4 is 10.6 Å². The monoisotopic (exact) mass is 263 g/mol. The van der Waals surface area contributed by atoms with Gasteiger partial charge in [-0.1, -0.05) is 6.92 Å². The summed E-state index contributed by atoms with van der Waals surface area (Å²) in [5.41, 5.74) is 6.06. The van der Waals surface area contributed by atoms with Crippen LogP contribution in [0.25, 0.3) is 0 Å². The van der Waals surface area contributed by atoms with Crippen LogP contribution in [0.4, 0.5) is 11.6 Å². The molecular formula is C14H25N5. The van der Waals surface area contributed by atoms with Crippen LogP contribution in [-0.4, -0.2) is 47.1 Å². The lowest BCUT2D eigenvalue weighted by atomic mass is 10.00. The number of nitrogen functional groups attached to an aromatic ring is 1. The third kappa shape index (κ3) is 3.15. The lowest BCUT2D eigenvalue weighted by Gasteiger charge is -2.45. The van der Waals surface area contributed by atoms with Gasteiger partial charge in [-0.15, -0.1) is 0 Å². The van der Waals surface area contributed by atoms with Crippen molar-refractivity contribution in [3.8, 4) is 0 Å². The van der Waals surface area contributed by atoms with Gasteiger partial charge in [-0.3, -0.25) is 4.90 Å². The van der Waals surface area contributed by atoms with Crippen LogP contribution >= 0.6 is 0 Å². The summed E-state index contributed by atoms with van der Waals surface area (Å²) in [4.78, 5) is 13.7. The summed E-state index contributed by atoms with van der Waals surface area (Å²) in [6, 6.07) is 1.89. The van der Waals surface area contributed by atoms with E-state index in [-0.39, 0.29) is 5.54 Å². The van der Waals surface area contributed by atoms with Crippen LogP contribution in [0.15, 0.2) is 6.07 Å². The molecule has 1 saturated heterocycles. The Bertz CT molecular complexity index is 443. The molecule has 0 spiro atoms. The minimum absolute atomic E-state index is 0.156. The minimum atomic E-state index is 0.156. The van der Waals surface area contributed by atoms with Crippen molar-refractivity contribution in [2.24, 2.45) is 0 Å². The van der Waals surface area contributed by atoms with Crippen molar-refractivity contribution in [2.75, 3.05) is 37.3 Å². The van der Waals surface area contributed by atoms with E-state index in [9.17, 15) is 0 Å². The molecule has 1 aromatic heterocycles. The number of nitrogens with zero attached hydrogens (tertiary/aromatic N) is 4. The Hall–Kier alpha value is -1.36. The van der Waals surface area contributed by atoms with E-state index in [1.807, 2.05) is 6.07 Å². The summed E-state index contributed by atoms with van der Waals surface area (Å²) in [5.74, 6) is 2.40. The molecule has 0 unspecified atom stereocenters. The maximum atomic E-state index is 5.90. The number of likely N-dealkylation sites (N-methyl/N-ethyl adjacent to an activating group) is 1. The normalized spacial score (nSPS) is 19.7. The number of hydrogen-bond acceptors (Lipinski definition) is 5. The van der Waals surface area contributed by atoms with Crippen molar-refractivity contribution in [3.05, 3.63) is 11.9 Å². The molecule has 2 heterocycles. The Morgan fingerprint density at radius 1 is 1.32 bits per heavy atom. The van der Waals surface area contributed by atoms with Crippen LogP contribution in [0.5, 0.6) is 0 Å². The summed E-state index contributed by atoms with van der Waals surface area (Å²) in [5, 5.41) is 0. The zero-order chi connectivity index (χ0) is 14.0. The van der Waals surface area contributed by atoms with Gasteiger partial charge in [0.05, 0.1) is 0 Å². The van der Waals surface area contributed by atoms with Gasteiger partial charge < -0.3 is 10.6 Å². The van der Waals surface area contributed by atoms with Crippen molar-refractivity contribution in [2.45, 2.75) is 39.2 Å². The van der Waals surface area contributed by atoms with E-state index >= 15 is 0 Å². The van der Waals surface area contributed by atoms with Gasteiger partial charge in [-0.05, 0) is 27.3 Å². The highest BCUT2D eigenvalue weighted by molar-refractivity contribution is 5.48. The Labute approximate surface area is 115 Å². The van der Waals surface area contributed by atoms with Crippen molar-refractivity contribution in [3.63, 3.8) is 0 Å². The van der Waals surface area contributed by atoms with Crippen LogP contribution in [-0.2, 0) is 6.42 Å². The fourth-order valence-electron chi connectivity index (χ4n) is 2.44. The third-order valence-corrected chi connectivity index (χ3v) is 3.89. The van der Waals surface area contributed by atoms with Gasteiger partial charge >= 0.3 is 0 Å². The van der Waals surface area contributed by atoms with E-state index in [1.54, 1.807) is 0 Å². The number of rotatable bonds is 3. The molecule has 19 heavy (non-hydrogen) atoms. The van der Waals surface area contributed by atoms with Gasteiger partial charge in [-0.25, -0.2) is 9.97 Å². The Kier molecular flexibility index (Phi) is 3.94. The van der Waals surface area contributed by atoms with Gasteiger partial charge in [0.25, 0.3) is 0 Å². The predicted molar refractivity (Wildman–Crippen MR) is 79.4 cm³/mol. The van der Waals surface area contributed by atoms with Crippen LogP contribution in [0.2, 0.25) is 0 Å². The molecule has 5 heteroatoms. The van der Waals surface area contributed by atoms with E-state index in [0.717, 1.165) is 44.1 Å². The van der Waals surface area contributed by atoms with Crippen molar-refractivity contribution in [1.82, 2.24) is 14.9 Å². The lowest BCUT2D eigenvalue weighted by molar-refractivity contribution is 0.138. The molecule has 1 aliphatic rings. The second-order valence-corrected chi connectivity index (χ2v) is 5.97. The molecule has 0 amide bonds. The first-order valence-corrected chi connectivity index (χ1v) is 7.02. The average molecular weight is 263 g/mol. The predicted octanol–water partition coefficient (Wildman–Crippen LogP) is 1.54. The minimum Gasteiger partial charge on any atom is -0.384 e. The number of hydrogen-bond donors (Lipinski definition) is 1. The number of aromatic nitrogens is 2. The zero-order valence-corrected chi connectivity index (χ0v) is 12.5. The highest BCUT2D eigenvalue weighted by Crippen LogP contribution is 2.24. The number of anilines is 2. The van der Waals surface area contributed by atoms with Crippen LogP contribution in [0.3, 0.4) is 0 Å². The summed E-state index contributed by atoms with van der Waals surface area (Å²) < 4.78 is 0. The number of piperazine rings is 1. The Morgan fingerprint density at radius 3 is 2.68 bits per heavy atom. The summed E-state index contributed by atoms with van der Waals surface area (Å²) in [6.07, 6.45) is 1.92. The zero-order valence-electron chi connectivity index (χ0n) is 12.5. The van der Waals surface area contributed by atoms with E-state index in [1.165, 1.54) is 0 Å². The Balaban J connectivity index is 2.22. The van der Waals surface area contributed by atoms with Gasteiger partial charge in [0.15, 0.2) is 0 Å². The highest BCUT2D eigenvalue weighted by Gasteiger charge is 2.31. The molecule has 106 valence electrons. The number of aryl methyl sites for hydroxylation is 1. The lowest BCUT2D eigenvalue weighted by Crippen LogP contribution is -2.57. The Morgan fingerprint density at radius 2 is 2.05 bits per heavy atom. The van der Waals surface area contributed by atoms with Crippen molar-refractivity contribution < 1.29 is 0 Å². The molecule has 2 N–H and O–H groups in total. The average Bonchev–Trinajstić information content (AvgIpc) is 2.32. The number of nitrogens with two attached hydrogens (primary N) is 1. The van der Waals surface area contributed by atoms with E-state index < -0.39 is 0 Å². The molecule has 1 aromatic rings. The van der Waals surface area contributed by atoms with Gasteiger partial charge in [0, 0.05) is 37.7 Å². The van der Waals surface area contributed by atoms with Gasteiger partial charge in [0.1, 0.15) is 17.5 Å². The van der Waals surface area contributed by atoms with Gasteiger partial charge in [-0.2, -0.15) is 0 Å². The molecule has 0 bridgehead atoms. The first-order chi connectivity index (χ1) is 8.92. The van der Waals surface area contributed by atoms with E-state index in [2.05, 4.69) is 47.6 Å². The molecule has 1 aliphatic heterocycles. The first kappa shape index (κ1) is 14.1. The van der Waals surface area contributed by atoms with Crippen LogP contribution in [0, 0.1) is 0 Å². The fourth-order valence-corrected chi connectivity index (χ4v) is 2.44. The largest absolute Gasteiger partial charge is 0.384 e. The SMILES string of the molecule is CCCc1nc(N)cc(N2CCN(C)C(C)(C)C2)n1. The quantitative estimate of drug-likeness (QED) is 0.896. The summed E-state index contributed by atoms with van der Waals surface area (Å²) in [7, 11) is 2.17. The topological polar surface area (TPSA) is 58.3 Å². The van der Waals surface area contributed by atoms with Crippen LogP contribution in [0.1, 0.15) is 33.0 Å². The molecule has 0 aromatic carbocycles. The molecule has 1 fully saturated rings. The van der Waals surface area contributed by atoms with Crippen molar-refractivity contribution >= 4 is 11.6 Å². The molecule has 2 rings (SSSR count). The molecular weight excluding hydrogens is 238 g/mol. The smallest absolute Gasteiger partial charge is 0.134 e. The maximum Gasteiger partial charge on any atom is 0.134 e. The molecule has 0 atom stereocenters. The standard InChI is InChI=1S/C14H25N5/c1-5-6-12-16-11(15)9-13(17-12)19-8-7-18(4)14(2,3)10-19/h9H,5-8,10H2,1-4H3,(H2,15,16,17). The van der Waals surface area contributed by atoms with Gasteiger partial charge in [0.2, 0.25) is 0 Å². The molecule has 0 saturated carbocycles. The van der Waals surface area contributed by atoms with Crippen molar-refractivity contribution in [1.29, 1.82) is 0 Å². The van der Waals surface area contributed by atoms with E-state index in [0.29, 0.717) is 5.82 Å². The highest BCUT2D eigenvalue weighted by atomic mass is 15.3. The second-order valence-electron chi connectivity index (χ2n) is 5.97. The molecule has 5 nitrogen and oxygen atoms in total.